The van der Waals surface area contributed by atoms with E-state index in [0.717, 1.165) is 25.6 Å². The van der Waals surface area contributed by atoms with Crippen molar-refractivity contribution in [2.75, 3.05) is 7.05 Å². The topological polar surface area (TPSA) is 12.0 Å². The van der Waals surface area contributed by atoms with E-state index in [4.69, 9.17) is 0 Å². The van der Waals surface area contributed by atoms with E-state index in [1.54, 1.807) is 0 Å². The molecule has 2 aromatic carbocycles. The lowest BCUT2D eigenvalue weighted by atomic mass is 9.93. The molecule has 1 N–H and O–H groups in total. The molecule has 0 aromatic heterocycles. The van der Waals surface area contributed by atoms with E-state index in [1.807, 2.05) is 33.0 Å². The van der Waals surface area contributed by atoms with Crippen LogP contribution in [0.5, 0.6) is 0 Å². The van der Waals surface area contributed by atoms with Crippen LogP contribution in [0.4, 0.5) is 4.39 Å². The molecule has 0 aliphatic heterocycles. The first-order valence-electron chi connectivity index (χ1n) is 6.33. The fourth-order valence-corrected chi connectivity index (χ4v) is 3.12. The van der Waals surface area contributed by atoms with Crippen LogP contribution >= 0.6 is 31.9 Å². The fraction of sp³-hybridized carbons (Fsp3) is 0.250. The molecule has 0 amide bonds. The highest BCUT2D eigenvalue weighted by Crippen LogP contribution is 2.31. The van der Waals surface area contributed by atoms with Crippen molar-refractivity contribution in [3.05, 3.63) is 67.3 Å². The number of nitrogens with one attached hydrogen (secondary N) is 1. The smallest absolute Gasteiger partial charge is 0.129 e. The third-order valence-corrected chi connectivity index (χ3v) is 4.77. The Labute approximate surface area is 135 Å². The van der Waals surface area contributed by atoms with E-state index < -0.39 is 0 Å². The second kappa shape index (κ2) is 6.37. The Morgan fingerprint density at radius 3 is 2.30 bits per heavy atom. The predicted octanol–water partition coefficient (Wildman–Crippen LogP) is 5.28. The standard InChI is InChI=1S/C16H16Br2FN/c1-9-7-14(18)10(2)6-13(9)16(20-3)12-5-4-11(17)8-15(12)19/h4-8,16,20H,1-3H3. The second-order valence-corrected chi connectivity index (χ2v) is 6.62. The minimum Gasteiger partial charge on any atom is -0.309 e. The third-order valence-electron chi connectivity index (χ3n) is 3.42. The van der Waals surface area contributed by atoms with Crippen LogP contribution in [0.1, 0.15) is 28.3 Å². The molecule has 0 fully saturated rings. The van der Waals surface area contributed by atoms with Crippen molar-refractivity contribution < 1.29 is 4.39 Å². The minimum atomic E-state index is -0.210. The normalized spacial score (nSPS) is 12.5. The van der Waals surface area contributed by atoms with Crippen LogP contribution in [0.2, 0.25) is 0 Å². The van der Waals surface area contributed by atoms with E-state index in [9.17, 15) is 4.39 Å². The summed E-state index contributed by atoms with van der Waals surface area (Å²) in [5, 5.41) is 3.21. The molecule has 0 bridgehead atoms. The number of rotatable bonds is 3. The van der Waals surface area contributed by atoms with Gasteiger partial charge >= 0.3 is 0 Å². The van der Waals surface area contributed by atoms with E-state index in [1.165, 1.54) is 6.07 Å². The van der Waals surface area contributed by atoms with Crippen molar-refractivity contribution in [1.82, 2.24) is 5.32 Å². The zero-order valence-electron chi connectivity index (χ0n) is 11.6. The maximum atomic E-state index is 14.2. The van der Waals surface area contributed by atoms with Crippen molar-refractivity contribution in [2.45, 2.75) is 19.9 Å². The van der Waals surface area contributed by atoms with Crippen LogP contribution in [0.3, 0.4) is 0 Å². The van der Waals surface area contributed by atoms with E-state index >= 15 is 0 Å². The quantitative estimate of drug-likeness (QED) is 0.739. The first kappa shape index (κ1) is 15.7. The van der Waals surface area contributed by atoms with Gasteiger partial charge in [0.25, 0.3) is 0 Å². The molecule has 1 unspecified atom stereocenters. The van der Waals surface area contributed by atoms with Gasteiger partial charge in [0.2, 0.25) is 0 Å². The maximum absolute atomic E-state index is 14.2. The molecule has 0 saturated heterocycles. The van der Waals surface area contributed by atoms with Gasteiger partial charge in [-0.25, -0.2) is 4.39 Å². The van der Waals surface area contributed by atoms with Crippen molar-refractivity contribution >= 4 is 31.9 Å². The summed E-state index contributed by atoms with van der Waals surface area (Å²) in [4.78, 5) is 0. The van der Waals surface area contributed by atoms with Gasteiger partial charge in [-0.15, -0.1) is 0 Å². The molecule has 106 valence electrons. The number of halogens is 3. The Balaban J connectivity index is 2.55. The number of aryl methyl sites for hydroxylation is 2. The van der Waals surface area contributed by atoms with Gasteiger partial charge in [0.15, 0.2) is 0 Å². The molecule has 4 heteroatoms. The van der Waals surface area contributed by atoms with Gasteiger partial charge < -0.3 is 5.32 Å². The fourth-order valence-electron chi connectivity index (χ4n) is 2.33. The minimum absolute atomic E-state index is 0.158. The van der Waals surface area contributed by atoms with Crippen LogP contribution in [0.25, 0.3) is 0 Å². The Morgan fingerprint density at radius 1 is 1.00 bits per heavy atom. The van der Waals surface area contributed by atoms with Gasteiger partial charge in [0.05, 0.1) is 6.04 Å². The van der Waals surface area contributed by atoms with Gasteiger partial charge in [0, 0.05) is 14.5 Å². The largest absolute Gasteiger partial charge is 0.309 e. The highest BCUT2D eigenvalue weighted by molar-refractivity contribution is 9.10. The second-order valence-electron chi connectivity index (χ2n) is 4.85. The molecular formula is C16H16Br2FN. The van der Waals surface area contributed by atoms with Crippen molar-refractivity contribution in [3.63, 3.8) is 0 Å². The molecule has 1 atom stereocenters. The Morgan fingerprint density at radius 2 is 1.70 bits per heavy atom. The monoisotopic (exact) mass is 399 g/mol. The highest BCUT2D eigenvalue weighted by Gasteiger charge is 2.19. The Kier molecular flexibility index (Phi) is 4.99. The van der Waals surface area contributed by atoms with Crippen molar-refractivity contribution in [3.8, 4) is 0 Å². The molecule has 0 saturated carbocycles. The summed E-state index contributed by atoms with van der Waals surface area (Å²) < 4.78 is 16.0. The summed E-state index contributed by atoms with van der Waals surface area (Å²) in [6.07, 6.45) is 0. The highest BCUT2D eigenvalue weighted by atomic mass is 79.9. The lowest BCUT2D eigenvalue weighted by molar-refractivity contribution is 0.574. The molecule has 0 aliphatic rings. The van der Waals surface area contributed by atoms with Gasteiger partial charge in [-0.1, -0.05) is 44.0 Å². The van der Waals surface area contributed by atoms with E-state index in [0.29, 0.717) is 5.56 Å². The first-order valence-corrected chi connectivity index (χ1v) is 7.91. The Bertz CT molecular complexity index is 641. The Hall–Kier alpha value is -0.710. The zero-order chi connectivity index (χ0) is 14.9. The number of hydrogen-bond acceptors (Lipinski definition) is 1. The van der Waals surface area contributed by atoms with Crippen LogP contribution < -0.4 is 5.32 Å². The summed E-state index contributed by atoms with van der Waals surface area (Å²) >= 11 is 6.82. The molecule has 1 nitrogen and oxygen atoms in total. The first-order chi connectivity index (χ1) is 9.43. The predicted molar refractivity (Wildman–Crippen MR) is 88.6 cm³/mol. The molecule has 0 aliphatic carbocycles. The molecule has 2 rings (SSSR count). The van der Waals surface area contributed by atoms with Gasteiger partial charge in [0.1, 0.15) is 5.82 Å². The van der Waals surface area contributed by atoms with Crippen LogP contribution in [0.15, 0.2) is 39.3 Å². The van der Waals surface area contributed by atoms with Crippen molar-refractivity contribution in [1.29, 1.82) is 0 Å². The van der Waals surface area contributed by atoms with Gasteiger partial charge in [-0.05, 0) is 55.8 Å². The zero-order valence-corrected chi connectivity index (χ0v) is 14.8. The van der Waals surface area contributed by atoms with Crippen LogP contribution in [-0.4, -0.2) is 7.05 Å². The summed E-state index contributed by atoms with van der Waals surface area (Å²) in [5.41, 5.74) is 4.02. The maximum Gasteiger partial charge on any atom is 0.129 e. The molecule has 0 spiro atoms. The molecule has 20 heavy (non-hydrogen) atoms. The number of hydrogen-bond donors (Lipinski definition) is 1. The molecule has 0 radical (unpaired) electrons. The lowest BCUT2D eigenvalue weighted by Gasteiger charge is -2.21. The summed E-state index contributed by atoms with van der Waals surface area (Å²) in [5.74, 6) is -0.210. The lowest BCUT2D eigenvalue weighted by Crippen LogP contribution is -2.20. The van der Waals surface area contributed by atoms with Gasteiger partial charge in [-0.3, -0.25) is 0 Å². The average Bonchev–Trinajstić information content (AvgIpc) is 2.38. The SMILES string of the molecule is CNC(c1cc(C)c(Br)cc1C)c1ccc(Br)cc1F. The van der Waals surface area contributed by atoms with Crippen LogP contribution in [0, 0.1) is 19.7 Å². The van der Waals surface area contributed by atoms with E-state index in [2.05, 4.69) is 49.3 Å². The summed E-state index contributed by atoms with van der Waals surface area (Å²) in [6.45, 7) is 4.08. The van der Waals surface area contributed by atoms with E-state index in [-0.39, 0.29) is 11.9 Å². The molecule has 2 aromatic rings. The number of benzene rings is 2. The van der Waals surface area contributed by atoms with Crippen LogP contribution in [-0.2, 0) is 0 Å². The molecular weight excluding hydrogens is 385 g/mol. The van der Waals surface area contributed by atoms with Gasteiger partial charge in [-0.2, -0.15) is 0 Å². The summed E-state index contributed by atoms with van der Waals surface area (Å²) in [7, 11) is 1.85. The average molecular weight is 401 g/mol. The summed E-state index contributed by atoms with van der Waals surface area (Å²) in [6, 6.07) is 9.20. The van der Waals surface area contributed by atoms with Crippen molar-refractivity contribution in [2.24, 2.45) is 0 Å². The molecule has 0 heterocycles. The third kappa shape index (κ3) is 3.13.